The van der Waals surface area contributed by atoms with Crippen molar-refractivity contribution in [2.75, 3.05) is 6.54 Å². The van der Waals surface area contributed by atoms with Crippen LogP contribution in [0.3, 0.4) is 0 Å². The van der Waals surface area contributed by atoms with Crippen molar-refractivity contribution in [3.8, 4) is 5.69 Å². The highest BCUT2D eigenvalue weighted by Crippen LogP contribution is 2.22. The third kappa shape index (κ3) is 2.33. The standard InChI is InChI=1S/C12H15ClN4/c1-8-10(13)4-3-5-11(8)17-9(2)15-12(16-17)6-7-14/h3-5H,6-7,14H2,1-2H3. The fraction of sp³-hybridized carbons (Fsp3) is 0.333. The molecule has 0 aliphatic rings. The maximum atomic E-state index is 6.10. The molecule has 0 aliphatic carbocycles. The first kappa shape index (κ1) is 12.1. The van der Waals surface area contributed by atoms with Crippen molar-refractivity contribution in [3.63, 3.8) is 0 Å². The number of aryl methyl sites for hydroxylation is 1. The summed E-state index contributed by atoms with van der Waals surface area (Å²) in [6, 6.07) is 5.76. The van der Waals surface area contributed by atoms with Gasteiger partial charge in [-0.1, -0.05) is 17.7 Å². The largest absolute Gasteiger partial charge is 0.330 e. The highest BCUT2D eigenvalue weighted by atomic mass is 35.5. The van der Waals surface area contributed by atoms with Gasteiger partial charge in [-0.2, -0.15) is 5.10 Å². The maximum Gasteiger partial charge on any atom is 0.152 e. The van der Waals surface area contributed by atoms with E-state index in [1.54, 1.807) is 0 Å². The Bertz CT molecular complexity index is 533. The average Bonchev–Trinajstić information content (AvgIpc) is 2.64. The molecule has 0 radical (unpaired) electrons. The summed E-state index contributed by atoms with van der Waals surface area (Å²) in [5.74, 6) is 1.61. The molecule has 2 aromatic rings. The topological polar surface area (TPSA) is 56.7 Å². The first-order valence-electron chi connectivity index (χ1n) is 5.51. The number of aromatic nitrogens is 3. The number of benzene rings is 1. The van der Waals surface area contributed by atoms with Gasteiger partial charge >= 0.3 is 0 Å². The van der Waals surface area contributed by atoms with Crippen LogP contribution in [0.15, 0.2) is 18.2 Å². The molecule has 0 atom stereocenters. The lowest BCUT2D eigenvalue weighted by atomic mass is 10.2. The van der Waals surface area contributed by atoms with Gasteiger partial charge in [-0.25, -0.2) is 9.67 Å². The van der Waals surface area contributed by atoms with E-state index in [0.29, 0.717) is 13.0 Å². The number of rotatable bonds is 3. The molecule has 0 fully saturated rings. The highest BCUT2D eigenvalue weighted by Gasteiger charge is 2.10. The van der Waals surface area contributed by atoms with Gasteiger partial charge in [0.2, 0.25) is 0 Å². The van der Waals surface area contributed by atoms with Gasteiger partial charge in [0.25, 0.3) is 0 Å². The summed E-state index contributed by atoms with van der Waals surface area (Å²) < 4.78 is 1.81. The van der Waals surface area contributed by atoms with E-state index < -0.39 is 0 Å². The number of nitrogens with two attached hydrogens (primary N) is 1. The van der Waals surface area contributed by atoms with Crippen molar-refractivity contribution in [2.24, 2.45) is 5.73 Å². The number of hydrogen-bond donors (Lipinski definition) is 1. The van der Waals surface area contributed by atoms with E-state index in [1.807, 2.05) is 36.7 Å². The van der Waals surface area contributed by atoms with Crippen molar-refractivity contribution >= 4 is 11.6 Å². The molecule has 90 valence electrons. The molecule has 0 amide bonds. The summed E-state index contributed by atoms with van der Waals surface area (Å²) >= 11 is 6.10. The third-order valence-electron chi connectivity index (χ3n) is 2.65. The molecule has 17 heavy (non-hydrogen) atoms. The van der Waals surface area contributed by atoms with Crippen LogP contribution in [0.2, 0.25) is 5.02 Å². The molecule has 0 aliphatic heterocycles. The van der Waals surface area contributed by atoms with Crippen LogP contribution in [-0.4, -0.2) is 21.3 Å². The van der Waals surface area contributed by atoms with Crippen molar-refractivity contribution in [3.05, 3.63) is 40.4 Å². The van der Waals surface area contributed by atoms with Crippen molar-refractivity contribution < 1.29 is 0 Å². The SMILES string of the molecule is Cc1c(Cl)cccc1-n1nc(CCN)nc1C. The molecule has 4 nitrogen and oxygen atoms in total. The Morgan fingerprint density at radius 3 is 2.82 bits per heavy atom. The molecule has 0 saturated carbocycles. The fourth-order valence-electron chi connectivity index (χ4n) is 1.73. The van der Waals surface area contributed by atoms with Crippen molar-refractivity contribution in [2.45, 2.75) is 20.3 Å². The molecular formula is C12H15ClN4. The molecule has 2 rings (SSSR count). The van der Waals surface area contributed by atoms with Gasteiger partial charge in [0.15, 0.2) is 5.82 Å². The quantitative estimate of drug-likeness (QED) is 0.907. The van der Waals surface area contributed by atoms with E-state index in [4.69, 9.17) is 17.3 Å². The molecule has 1 aromatic heterocycles. The smallest absolute Gasteiger partial charge is 0.152 e. The summed E-state index contributed by atoms with van der Waals surface area (Å²) in [5.41, 5.74) is 7.47. The zero-order valence-corrected chi connectivity index (χ0v) is 10.7. The average molecular weight is 251 g/mol. The van der Waals surface area contributed by atoms with Gasteiger partial charge in [-0.15, -0.1) is 0 Å². The van der Waals surface area contributed by atoms with E-state index in [9.17, 15) is 0 Å². The Balaban J connectivity index is 2.49. The minimum atomic E-state index is 0.554. The number of halogens is 1. The van der Waals surface area contributed by atoms with Crippen molar-refractivity contribution in [1.29, 1.82) is 0 Å². The van der Waals surface area contributed by atoms with E-state index >= 15 is 0 Å². The van der Waals surface area contributed by atoms with Crippen LogP contribution < -0.4 is 5.73 Å². The minimum absolute atomic E-state index is 0.554. The maximum absolute atomic E-state index is 6.10. The zero-order valence-electron chi connectivity index (χ0n) is 9.94. The molecule has 0 bridgehead atoms. The summed E-state index contributed by atoms with van der Waals surface area (Å²) in [5, 5.41) is 5.17. The number of hydrogen-bond acceptors (Lipinski definition) is 3. The van der Waals surface area contributed by atoms with Crippen LogP contribution in [0.4, 0.5) is 0 Å². The summed E-state index contributed by atoms with van der Waals surface area (Å²) in [6.07, 6.45) is 0.688. The lowest BCUT2D eigenvalue weighted by Crippen LogP contribution is -2.05. The first-order valence-corrected chi connectivity index (χ1v) is 5.89. The molecule has 1 heterocycles. The Morgan fingerprint density at radius 1 is 1.35 bits per heavy atom. The second-order valence-corrected chi connectivity index (χ2v) is 4.32. The van der Waals surface area contributed by atoms with Gasteiger partial charge in [-0.05, 0) is 38.1 Å². The van der Waals surface area contributed by atoms with E-state index in [2.05, 4.69) is 10.1 Å². The van der Waals surface area contributed by atoms with Crippen LogP contribution >= 0.6 is 11.6 Å². The Morgan fingerprint density at radius 2 is 2.12 bits per heavy atom. The molecule has 2 N–H and O–H groups in total. The van der Waals surface area contributed by atoms with Gasteiger partial charge in [0, 0.05) is 11.4 Å². The van der Waals surface area contributed by atoms with Gasteiger partial charge < -0.3 is 5.73 Å². The molecule has 1 aromatic carbocycles. The summed E-state index contributed by atoms with van der Waals surface area (Å²) in [7, 11) is 0. The highest BCUT2D eigenvalue weighted by molar-refractivity contribution is 6.31. The normalized spacial score (nSPS) is 10.8. The molecule has 5 heteroatoms. The number of nitrogens with zero attached hydrogens (tertiary/aromatic N) is 3. The summed E-state index contributed by atoms with van der Waals surface area (Å²) in [6.45, 7) is 4.45. The van der Waals surface area contributed by atoms with Crippen LogP contribution in [-0.2, 0) is 6.42 Å². The Hall–Kier alpha value is -1.39. The molecule has 0 spiro atoms. The van der Waals surface area contributed by atoms with Crippen LogP contribution in [0.5, 0.6) is 0 Å². The Kier molecular flexibility index (Phi) is 3.45. The lowest BCUT2D eigenvalue weighted by Gasteiger charge is -2.07. The van der Waals surface area contributed by atoms with Gasteiger partial charge in [0.05, 0.1) is 5.69 Å². The predicted molar refractivity (Wildman–Crippen MR) is 68.6 cm³/mol. The van der Waals surface area contributed by atoms with Crippen LogP contribution in [0, 0.1) is 13.8 Å². The summed E-state index contributed by atoms with van der Waals surface area (Å²) in [4.78, 5) is 4.38. The zero-order chi connectivity index (χ0) is 12.4. The third-order valence-corrected chi connectivity index (χ3v) is 3.06. The van der Waals surface area contributed by atoms with Crippen LogP contribution in [0.1, 0.15) is 17.2 Å². The van der Waals surface area contributed by atoms with E-state index in [0.717, 1.165) is 27.9 Å². The molecule has 0 unspecified atom stereocenters. The minimum Gasteiger partial charge on any atom is -0.330 e. The second-order valence-electron chi connectivity index (χ2n) is 3.91. The van der Waals surface area contributed by atoms with E-state index in [1.165, 1.54) is 0 Å². The molecular weight excluding hydrogens is 236 g/mol. The second kappa shape index (κ2) is 4.85. The first-order chi connectivity index (χ1) is 8.13. The van der Waals surface area contributed by atoms with Gasteiger partial charge in [-0.3, -0.25) is 0 Å². The van der Waals surface area contributed by atoms with E-state index in [-0.39, 0.29) is 0 Å². The predicted octanol–water partition coefficient (Wildman–Crippen LogP) is 2.04. The van der Waals surface area contributed by atoms with Crippen LogP contribution in [0.25, 0.3) is 5.69 Å². The van der Waals surface area contributed by atoms with Crippen molar-refractivity contribution in [1.82, 2.24) is 14.8 Å². The lowest BCUT2D eigenvalue weighted by molar-refractivity contribution is 0.799. The monoisotopic (exact) mass is 250 g/mol. The molecule has 0 saturated heterocycles. The van der Waals surface area contributed by atoms with Gasteiger partial charge in [0.1, 0.15) is 5.82 Å². The fourth-order valence-corrected chi connectivity index (χ4v) is 1.90. The Labute approximate surface area is 105 Å².